The number of amides is 1. The van der Waals surface area contributed by atoms with Gasteiger partial charge in [-0.15, -0.1) is 0 Å². The Morgan fingerprint density at radius 1 is 1.62 bits per heavy atom. The zero-order valence-electron chi connectivity index (χ0n) is 8.18. The number of rotatable bonds is 1. The summed E-state index contributed by atoms with van der Waals surface area (Å²) in [5, 5.41) is 0. The molecule has 0 bridgehead atoms. The fourth-order valence-electron chi connectivity index (χ4n) is 1.97. The van der Waals surface area contributed by atoms with Gasteiger partial charge in [0.15, 0.2) is 0 Å². The van der Waals surface area contributed by atoms with E-state index in [1.165, 1.54) is 18.7 Å². The second kappa shape index (κ2) is 3.24. The molecule has 0 N–H and O–H groups in total. The maximum atomic E-state index is 12.6. The summed E-state index contributed by atoms with van der Waals surface area (Å²) in [4.78, 5) is 12.6. The van der Waals surface area contributed by atoms with Crippen molar-refractivity contribution in [3.63, 3.8) is 0 Å². The quantitative estimate of drug-likeness (QED) is 0.620. The van der Waals surface area contributed by atoms with E-state index >= 15 is 0 Å². The molecule has 0 aromatic rings. The molecule has 13 heavy (non-hydrogen) atoms. The molecule has 1 rings (SSSR count). The molecule has 0 saturated carbocycles. The summed E-state index contributed by atoms with van der Waals surface area (Å²) < 4.78 is 25.2. The van der Waals surface area contributed by atoms with Crippen molar-refractivity contribution in [3.8, 4) is 0 Å². The third-order valence-corrected chi connectivity index (χ3v) is 2.76. The van der Waals surface area contributed by atoms with E-state index in [0.717, 1.165) is 0 Å². The summed E-state index contributed by atoms with van der Waals surface area (Å²) in [5.74, 6) is -0.114. The van der Waals surface area contributed by atoms with E-state index < -0.39 is 11.8 Å². The van der Waals surface area contributed by atoms with Crippen LogP contribution < -0.4 is 0 Å². The molecule has 4 heteroatoms. The zero-order valence-corrected chi connectivity index (χ0v) is 8.18. The average molecular weight is 191 g/mol. The lowest BCUT2D eigenvalue weighted by Crippen LogP contribution is -2.34. The SMILES string of the molecule is CC(=O)N1C[C@](C)(C(F)F)CC1C. The molecule has 0 radical (unpaired) electrons. The average Bonchev–Trinajstić information content (AvgIpc) is 2.28. The second-order valence-electron chi connectivity index (χ2n) is 4.15. The molecule has 1 unspecified atom stereocenters. The molecule has 1 aliphatic rings. The first-order chi connectivity index (χ1) is 5.87. The highest BCUT2D eigenvalue weighted by molar-refractivity contribution is 5.74. The molecule has 0 spiro atoms. The van der Waals surface area contributed by atoms with Gasteiger partial charge in [-0.25, -0.2) is 8.78 Å². The van der Waals surface area contributed by atoms with Crippen molar-refractivity contribution < 1.29 is 13.6 Å². The minimum Gasteiger partial charge on any atom is -0.339 e. The van der Waals surface area contributed by atoms with Crippen molar-refractivity contribution in [2.45, 2.75) is 39.7 Å². The Morgan fingerprint density at radius 3 is 2.38 bits per heavy atom. The van der Waals surface area contributed by atoms with Gasteiger partial charge in [0.25, 0.3) is 0 Å². The standard InChI is InChI=1S/C9H15F2NO/c1-6-4-9(3,8(10)11)5-12(6)7(2)13/h6,8H,4-5H2,1-3H3/t6?,9-/m1/s1. The highest BCUT2D eigenvalue weighted by Gasteiger charge is 2.45. The minimum absolute atomic E-state index is 0.0588. The Hall–Kier alpha value is -0.670. The van der Waals surface area contributed by atoms with Crippen molar-refractivity contribution >= 4 is 5.91 Å². The lowest BCUT2D eigenvalue weighted by atomic mass is 9.89. The number of carbonyl (C=O) groups excluding carboxylic acids is 1. The van der Waals surface area contributed by atoms with Gasteiger partial charge in [-0.1, -0.05) is 6.92 Å². The number of alkyl halides is 2. The van der Waals surface area contributed by atoms with Crippen LogP contribution in [0.2, 0.25) is 0 Å². The second-order valence-corrected chi connectivity index (χ2v) is 4.15. The highest BCUT2D eigenvalue weighted by Crippen LogP contribution is 2.39. The van der Waals surface area contributed by atoms with Crippen molar-refractivity contribution in [1.29, 1.82) is 0 Å². The molecule has 0 aromatic heterocycles. The number of halogens is 2. The van der Waals surface area contributed by atoms with Gasteiger partial charge >= 0.3 is 0 Å². The first-order valence-electron chi connectivity index (χ1n) is 4.42. The maximum Gasteiger partial charge on any atom is 0.245 e. The molecule has 0 aromatic carbocycles. The monoisotopic (exact) mass is 191 g/mol. The van der Waals surface area contributed by atoms with Crippen LogP contribution in [-0.2, 0) is 4.79 Å². The van der Waals surface area contributed by atoms with Crippen molar-refractivity contribution in [2.75, 3.05) is 6.54 Å². The summed E-state index contributed by atoms with van der Waals surface area (Å²) in [5.41, 5.74) is -1.01. The molecule has 1 aliphatic heterocycles. The molecule has 76 valence electrons. The zero-order chi connectivity index (χ0) is 10.2. The Bertz CT molecular complexity index is 220. The molecule has 2 nitrogen and oxygen atoms in total. The Balaban J connectivity index is 2.75. The van der Waals surface area contributed by atoms with E-state index in [2.05, 4.69) is 0 Å². The molecule has 1 heterocycles. The normalized spacial score (nSPS) is 34.3. The third-order valence-electron chi connectivity index (χ3n) is 2.76. The maximum absolute atomic E-state index is 12.6. The van der Waals surface area contributed by atoms with Crippen molar-refractivity contribution in [1.82, 2.24) is 4.90 Å². The van der Waals surface area contributed by atoms with Crippen molar-refractivity contribution in [3.05, 3.63) is 0 Å². The predicted molar refractivity (Wildman–Crippen MR) is 45.6 cm³/mol. The number of nitrogens with zero attached hydrogens (tertiary/aromatic N) is 1. The van der Waals surface area contributed by atoms with Gasteiger partial charge < -0.3 is 4.90 Å². The Kier molecular flexibility index (Phi) is 2.59. The van der Waals surface area contributed by atoms with Gasteiger partial charge in [0.05, 0.1) is 0 Å². The van der Waals surface area contributed by atoms with E-state index in [4.69, 9.17) is 0 Å². The first kappa shape index (κ1) is 10.4. The minimum atomic E-state index is -2.35. The van der Waals surface area contributed by atoms with E-state index in [-0.39, 0.29) is 18.5 Å². The van der Waals surface area contributed by atoms with Crippen LogP contribution in [0, 0.1) is 5.41 Å². The number of hydrogen-bond donors (Lipinski definition) is 0. The number of hydrogen-bond acceptors (Lipinski definition) is 1. The molecule has 2 atom stereocenters. The van der Waals surface area contributed by atoms with Crippen LogP contribution in [-0.4, -0.2) is 29.8 Å². The van der Waals surface area contributed by atoms with Gasteiger partial charge in [-0.05, 0) is 13.3 Å². The molecule has 1 saturated heterocycles. The highest BCUT2D eigenvalue weighted by atomic mass is 19.3. The van der Waals surface area contributed by atoms with Gasteiger partial charge in [-0.2, -0.15) is 0 Å². The lowest BCUT2D eigenvalue weighted by molar-refractivity contribution is -0.130. The van der Waals surface area contributed by atoms with Crippen LogP contribution in [0.5, 0.6) is 0 Å². The Morgan fingerprint density at radius 2 is 2.15 bits per heavy atom. The number of carbonyl (C=O) groups is 1. The van der Waals surface area contributed by atoms with Crippen LogP contribution >= 0.6 is 0 Å². The summed E-state index contributed by atoms with van der Waals surface area (Å²) in [7, 11) is 0. The topological polar surface area (TPSA) is 20.3 Å². The Labute approximate surface area is 76.9 Å². The van der Waals surface area contributed by atoms with E-state index in [0.29, 0.717) is 6.42 Å². The van der Waals surface area contributed by atoms with Gasteiger partial charge in [-0.3, -0.25) is 4.79 Å². The molecule has 0 aliphatic carbocycles. The van der Waals surface area contributed by atoms with Crippen LogP contribution in [0.3, 0.4) is 0 Å². The molecule has 1 fully saturated rings. The molecule has 1 amide bonds. The summed E-state index contributed by atoms with van der Waals surface area (Å²) in [6.45, 7) is 4.96. The van der Waals surface area contributed by atoms with E-state index in [9.17, 15) is 13.6 Å². The largest absolute Gasteiger partial charge is 0.339 e. The fraction of sp³-hybridized carbons (Fsp3) is 0.889. The van der Waals surface area contributed by atoms with Crippen molar-refractivity contribution in [2.24, 2.45) is 5.41 Å². The van der Waals surface area contributed by atoms with Crippen LogP contribution in [0.1, 0.15) is 27.2 Å². The summed E-state index contributed by atoms with van der Waals surface area (Å²) >= 11 is 0. The first-order valence-corrected chi connectivity index (χ1v) is 4.42. The lowest BCUT2D eigenvalue weighted by Gasteiger charge is -2.22. The fourth-order valence-corrected chi connectivity index (χ4v) is 1.97. The molecular weight excluding hydrogens is 176 g/mol. The smallest absolute Gasteiger partial charge is 0.245 e. The predicted octanol–water partition coefficient (Wildman–Crippen LogP) is 1.90. The van der Waals surface area contributed by atoms with E-state index in [1.54, 1.807) is 0 Å². The summed E-state index contributed by atoms with van der Waals surface area (Å²) in [6, 6.07) is -0.0588. The van der Waals surface area contributed by atoms with Gasteiger partial charge in [0.2, 0.25) is 12.3 Å². The summed E-state index contributed by atoms with van der Waals surface area (Å²) in [6.07, 6.45) is -1.95. The van der Waals surface area contributed by atoms with E-state index in [1.807, 2.05) is 6.92 Å². The van der Waals surface area contributed by atoms with Crippen LogP contribution in [0.15, 0.2) is 0 Å². The van der Waals surface area contributed by atoms with Gasteiger partial charge in [0.1, 0.15) is 0 Å². The van der Waals surface area contributed by atoms with Gasteiger partial charge in [0, 0.05) is 24.9 Å². The third kappa shape index (κ3) is 1.81. The van der Waals surface area contributed by atoms with Crippen LogP contribution in [0.25, 0.3) is 0 Å². The number of likely N-dealkylation sites (tertiary alicyclic amines) is 1. The molecular formula is C9H15F2NO. The van der Waals surface area contributed by atoms with Crippen LogP contribution in [0.4, 0.5) is 8.78 Å².